The van der Waals surface area contributed by atoms with Crippen molar-refractivity contribution in [2.24, 2.45) is 17.3 Å². The Hall–Kier alpha value is -1.40. The van der Waals surface area contributed by atoms with Crippen LogP contribution in [-0.2, 0) is 33.9 Å². The van der Waals surface area contributed by atoms with Gasteiger partial charge in [-0.25, -0.2) is 0 Å². The van der Waals surface area contributed by atoms with Crippen molar-refractivity contribution in [2.45, 2.75) is 51.3 Å². The zero-order valence-electron chi connectivity index (χ0n) is 15.9. The quantitative estimate of drug-likeness (QED) is 0.445. The maximum absolute atomic E-state index is 13.0. The van der Waals surface area contributed by atoms with Crippen LogP contribution in [0.25, 0.3) is 0 Å². The summed E-state index contributed by atoms with van der Waals surface area (Å²) in [6.07, 6.45) is -6.00. The summed E-state index contributed by atoms with van der Waals surface area (Å²) in [5, 5.41) is 0. The van der Waals surface area contributed by atoms with Crippen LogP contribution in [0.4, 0.5) is 13.2 Å². The molecule has 3 unspecified atom stereocenters. The standard InChI is InChI=1S/C17H25F3O8S/c1-2-16(8-26-9-16)10-27-14(21)11-5-3-4-6-12(11)15(22)28-13(17(18,19)20)7-29(23,24)25/h11-13H,2-10H2,1H3,(H,23,24,25). The molecule has 3 atom stereocenters. The summed E-state index contributed by atoms with van der Waals surface area (Å²) >= 11 is 0. The van der Waals surface area contributed by atoms with Crippen LogP contribution in [0, 0.1) is 17.3 Å². The summed E-state index contributed by atoms with van der Waals surface area (Å²) in [4.78, 5) is 24.9. The summed E-state index contributed by atoms with van der Waals surface area (Å²) in [6, 6.07) is 0. The van der Waals surface area contributed by atoms with Gasteiger partial charge in [-0.15, -0.1) is 0 Å². The van der Waals surface area contributed by atoms with E-state index in [1.165, 1.54) is 0 Å². The van der Waals surface area contributed by atoms with Crippen LogP contribution >= 0.6 is 0 Å². The number of halogens is 3. The molecule has 12 heteroatoms. The van der Waals surface area contributed by atoms with E-state index in [1.54, 1.807) is 0 Å². The molecule has 1 aliphatic carbocycles. The number of carbonyl (C=O) groups excluding carboxylic acids is 2. The second-order valence-electron chi connectivity index (χ2n) is 7.67. The van der Waals surface area contributed by atoms with E-state index in [-0.39, 0.29) is 24.9 Å². The van der Waals surface area contributed by atoms with Crippen LogP contribution in [0.3, 0.4) is 0 Å². The van der Waals surface area contributed by atoms with Crippen LogP contribution in [0.1, 0.15) is 39.0 Å². The van der Waals surface area contributed by atoms with E-state index >= 15 is 0 Å². The third kappa shape index (κ3) is 6.54. The third-order valence-corrected chi connectivity index (χ3v) is 6.17. The summed E-state index contributed by atoms with van der Waals surface area (Å²) < 4.78 is 84.3. The minimum atomic E-state index is -5.19. The summed E-state index contributed by atoms with van der Waals surface area (Å²) in [7, 11) is -5.04. The number of hydrogen-bond donors (Lipinski definition) is 1. The lowest BCUT2D eigenvalue weighted by Crippen LogP contribution is -2.47. The maximum Gasteiger partial charge on any atom is 0.426 e. The molecule has 0 aromatic rings. The van der Waals surface area contributed by atoms with E-state index < -0.39 is 51.9 Å². The molecule has 29 heavy (non-hydrogen) atoms. The predicted molar refractivity (Wildman–Crippen MR) is 92.3 cm³/mol. The first-order valence-electron chi connectivity index (χ1n) is 9.34. The number of rotatable bonds is 8. The monoisotopic (exact) mass is 446 g/mol. The van der Waals surface area contributed by atoms with Gasteiger partial charge in [0.2, 0.25) is 6.10 Å². The molecule has 0 aromatic carbocycles. The number of hydrogen-bond acceptors (Lipinski definition) is 7. The van der Waals surface area contributed by atoms with Gasteiger partial charge in [-0.2, -0.15) is 21.6 Å². The largest absolute Gasteiger partial charge is 0.465 e. The Labute approximate surface area is 166 Å². The highest BCUT2D eigenvalue weighted by Gasteiger charge is 2.48. The fourth-order valence-electron chi connectivity index (χ4n) is 3.42. The van der Waals surface area contributed by atoms with E-state index in [1.807, 2.05) is 6.92 Å². The van der Waals surface area contributed by atoms with Crippen molar-refractivity contribution < 1.29 is 49.9 Å². The molecule has 8 nitrogen and oxygen atoms in total. The van der Waals surface area contributed by atoms with Gasteiger partial charge in [0, 0.05) is 0 Å². The smallest absolute Gasteiger partial charge is 0.426 e. The van der Waals surface area contributed by atoms with Crippen LogP contribution in [0.2, 0.25) is 0 Å². The van der Waals surface area contributed by atoms with E-state index in [4.69, 9.17) is 14.0 Å². The molecule has 2 fully saturated rings. The Kier molecular flexibility index (Phi) is 7.55. The Morgan fingerprint density at radius 3 is 2.14 bits per heavy atom. The molecule has 168 valence electrons. The molecule has 2 aliphatic rings. The van der Waals surface area contributed by atoms with Gasteiger partial charge in [-0.3, -0.25) is 14.1 Å². The highest BCUT2D eigenvalue weighted by Crippen LogP contribution is 2.36. The molecular weight excluding hydrogens is 421 g/mol. The topological polar surface area (TPSA) is 116 Å². The zero-order valence-corrected chi connectivity index (χ0v) is 16.8. The summed E-state index contributed by atoms with van der Waals surface area (Å²) in [6.45, 7) is 2.89. The first-order chi connectivity index (χ1) is 13.4. The first kappa shape index (κ1) is 23.9. The maximum atomic E-state index is 13.0. The zero-order chi connectivity index (χ0) is 21.9. The van der Waals surface area contributed by atoms with Gasteiger partial charge in [0.25, 0.3) is 10.1 Å². The Bertz CT molecular complexity index is 696. The lowest BCUT2D eigenvalue weighted by Gasteiger charge is -2.40. The van der Waals surface area contributed by atoms with Crippen molar-refractivity contribution in [3.63, 3.8) is 0 Å². The van der Waals surface area contributed by atoms with E-state index in [0.29, 0.717) is 26.1 Å². The molecule has 1 aliphatic heterocycles. The third-order valence-electron chi connectivity index (χ3n) is 5.44. The molecule has 0 amide bonds. The van der Waals surface area contributed by atoms with Crippen LogP contribution in [0.5, 0.6) is 0 Å². The second kappa shape index (κ2) is 9.17. The van der Waals surface area contributed by atoms with Gasteiger partial charge >= 0.3 is 18.1 Å². The van der Waals surface area contributed by atoms with E-state index in [9.17, 15) is 31.2 Å². The molecule has 1 saturated heterocycles. The Balaban J connectivity index is 2.04. The number of esters is 2. The fourth-order valence-corrected chi connectivity index (χ4v) is 4.06. The minimum absolute atomic E-state index is 0.0918. The molecule has 0 bridgehead atoms. The van der Waals surface area contributed by atoms with Gasteiger partial charge in [-0.05, 0) is 19.3 Å². The summed E-state index contributed by atoms with van der Waals surface area (Å²) in [5.74, 6) is -5.95. The van der Waals surface area contributed by atoms with Crippen LogP contribution < -0.4 is 0 Å². The fraction of sp³-hybridized carbons (Fsp3) is 0.882. The predicted octanol–water partition coefficient (Wildman–Crippen LogP) is 2.12. The molecule has 0 radical (unpaired) electrons. The van der Waals surface area contributed by atoms with Crippen molar-refractivity contribution in [3.05, 3.63) is 0 Å². The summed E-state index contributed by atoms with van der Waals surface area (Å²) in [5.41, 5.74) is -0.281. The van der Waals surface area contributed by atoms with E-state index in [0.717, 1.165) is 6.42 Å². The SMILES string of the molecule is CCC1(COC(=O)C2CCCCC2C(=O)OC(CS(=O)(=O)O)C(F)(F)F)COC1. The lowest BCUT2D eigenvalue weighted by atomic mass is 9.79. The van der Waals surface area contributed by atoms with Crippen molar-refractivity contribution in [2.75, 3.05) is 25.6 Å². The first-order valence-corrected chi connectivity index (χ1v) is 10.9. The van der Waals surface area contributed by atoms with Crippen molar-refractivity contribution in [3.8, 4) is 0 Å². The average molecular weight is 446 g/mol. The second-order valence-corrected chi connectivity index (χ2v) is 9.16. The van der Waals surface area contributed by atoms with Crippen molar-refractivity contribution in [1.82, 2.24) is 0 Å². The molecule has 1 heterocycles. The number of alkyl halides is 3. The lowest BCUT2D eigenvalue weighted by molar-refractivity contribution is -0.219. The highest BCUT2D eigenvalue weighted by atomic mass is 32.2. The number of carbonyl (C=O) groups is 2. The van der Waals surface area contributed by atoms with Crippen LogP contribution in [-0.4, -0.2) is 62.8 Å². The molecule has 2 rings (SSSR count). The average Bonchev–Trinajstić information content (AvgIpc) is 2.58. The van der Waals surface area contributed by atoms with Gasteiger partial charge < -0.3 is 14.2 Å². The van der Waals surface area contributed by atoms with Gasteiger partial charge in [0.1, 0.15) is 12.4 Å². The molecular formula is C17H25F3O8S. The molecule has 1 saturated carbocycles. The van der Waals surface area contributed by atoms with Crippen LogP contribution in [0.15, 0.2) is 0 Å². The van der Waals surface area contributed by atoms with Crippen molar-refractivity contribution >= 4 is 22.1 Å². The Morgan fingerprint density at radius 1 is 1.17 bits per heavy atom. The normalized spacial score (nSPS) is 25.6. The Morgan fingerprint density at radius 2 is 1.72 bits per heavy atom. The molecule has 0 spiro atoms. The van der Waals surface area contributed by atoms with Gasteiger partial charge in [-0.1, -0.05) is 19.8 Å². The van der Waals surface area contributed by atoms with Gasteiger partial charge in [0.05, 0.1) is 30.5 Å². The highest BCUT2D eigenvalue weighted by molar-refractivity contribution is 7.85. The molecule has 1 N–H and O–H groups in total. The van der Waals surface area contributed by atoms with Crippen molar-refractivity contribution in [1.29, 1.82) is 0 Å². The minimum Gasteiger partial charge on any atom is -0.465 e. The van der Waals surface area contributed by atoms with Gasteiger partial charge in [0.15, 0.2) is 0 Å². The molecule has 0 aromatic heterocycles. The van der Waals surface area contributed by atoms with E-state index in [2.05, 4.69) is 4.74 Å². The number of ether oxygens (including phenoxy) is 3.